The van der Waals surface area contributed by atoms with Crippen LogP contribution in [0.2, 0.25) is 0 Å². The number of nitrogens with zero attached hydrogens (tertiary/aromatic N) is 1. The molecule has 0 bridgehead atoms. The minimum Gasteiger partial charge on any atom is -0.496 e. The maximum Gasteiger partial charge on any atom is 0.271 e. The highest BCUT2D eigenvalue weighted by molar-refractivity contribution is 14.1. The molecule has 0 fully saturated rings. The first-order valence-electron chi connectivity index (χ1n) is 6.02. The van der Waals surface area contributed by atoms with Crippen molar-refractivity contribution in [3.8, 4) is 5.75 Å². The standard InChI is InChI=1S/C15H12FIN2O2/c1-21-14-7-2-10(8-13(14)17)9-18-19-15(20)11-3-5-12(16)6-4-11/h2-9H,1H3,(H,19,20)/b18-9+. The molecule has 0 spiro atoms. The molecule has 0 aliphatic heterocycles. The second kappa shape index (κ2) is 7.16. The number of hydrogen-bond acceptors (Lipinski definition) is 3. The third-order valence-electron chi connectivity index (χ3n) is 2.66. The van der Waals surface area contributed by atoms with E-state index >= 15 is 0 Å². The second-order valence-electron chi connectivity index (χ2n) is 4.10. The fourth-order valence-corrected chi connectivity index (χ4v) is 2.35. The summed E-state index contributed by atoms with van der Waals surface area (Å²) < 4.78 is 18.9. The predicted octanol–water partition coefficient (Wildman–Crippen LogP) is 3.20. The number of hydrazone groups is 1. The maximum atomic E-state index is 12.8. The van der Waals surface area contributed by atoms with Crippen molar-refractivity contribution >= 4 is 34.7 Å². The molecule has 21 heavy (non-hydrogen) atoms. The zero-order chi connectivity index (χ0) is 15.2. The number of carbonyl (C=O) groups is 1. The minimum absolute atomic E-state index is 0.345. The Morgan fingerprint density at radius 1 is 1.29 bits per heavy atom. The van der Waals surface area contributed by atoms with Crippen molar-refractivity contribution in [2.45, 2.75) is 0 Å². The van der Waals surface area contributed by atoms with Gasteiger partial charge >= 0.3 is 0 Å². The average Bonchev–Trinajstić information content (AvgIpc) is 2.48. The Labute approximate surface area is 135 Å². The van der Waals surface area contributed by atoms with E-state index in [-0.39, 0.29) is 5.82 Å². The van der Waals surface area contributed by atoms with Crippen LogP contribution in [0, 0.1) is 9.39 Å². The fourth-order valence-electron chi connectivity index (χ4n) is 1.59. The molecule has 6 heteroatoms. The summed E-state index contributed by atoms with van der Waals surface area (Å²) in [6, 6.07) is 10.8. The summed E-state index contributed by atoms with van der Waals surface area (Å²) in [7, 11) is 1.61. The molecule has 0 unspecified atom stereocenters. The largest absolute Gasteiger partial charge is 0.496 e. The Morgan fingerprint density at radius 3 is 2.62 bits per heavy atom. The van der Waals surface area contributed by atoms with Crippen LogP contribution in [0.5, 0.6) is 5.75 Å². The molecule has 2 rings (SSSR count). The second-order valence-corrected chi connectivity index (χ2v) is 5.26. The Morgan fingerprint density at radius 2 is 2.00 bits per heavy atom. The average molecular weight is 398 g/mol. The number of carbonyl (C=O) groups excluding carboxylic acids is 1. The fraction of sp³-hybridized carbons (Fsp3) is 0.0667. The molecular weight excluding hydrogens is 386 g/mol. The molecule has 0 saturated carbocycles. The summed E-state index contributed by atoms with van der Waals surface area (Å²) in [5, 5.41) is 3.87. The van der Waals surface area contributed by atoms with Crippen LogP contribution < -0.4 is 10.2 Å². The van der Waals surface area contributed by atoms with E-state index in [1.807, 2.05) is 18.2 Å². The number of halogens is 2. The van der Waals surface area contributed by atoms with Gasteiger partial charge < -0.3 is 4.74 Å². The first kappa shape index (κ1) is 15.4. The normalized spacial score (nSPS) is 10.6. The Balaban J connectivity index is 2.00. The summed E-state index contributed by atoms with van der Waals surface area (Å²) in [5.74, 6) is 0.000385. The molecule has 0 aliphatic carbocycles. The van der Waals surface area contributed by atoms with Gasteiger partial charge in [0.05, 0.1) is 16.9 Å². The van der Waals surface area contributed by atoms with E-state index in [1.54, 1.807) is 7.11 Å². The van der Waals surface area contributed by atoms with Crippen LogP contribution in [-0.4, -0.2) is 19.2 Å². The molecule has 0 saturated heterocycles. The van der Waals surface area contributed by atoms with Crippen LogP contribution in [-0.2, 0) is 0 Å². The molecule has 0 aliphatic rings. The van der Waals surface area contributed by atoms with Gasteiger partial charge in [0.1, 0.15) is 11.6 Å². The van der Waals surface area contributed by atoms with Gasteiger partial charge in [-0.05, 0) is 70.6 Å². The summed E-state index contributed by atoms with van der Waals surface area (Å²) in [4.78, 5) is 11.7. The third-order valence-corrected chi connectivity index (χ3v) is 3.50. The highest BCUT2D eigenvalue weighted by Gasteiger charge is 2.04. The molecule has 0 radical (unpaired) electrons. The molecule has 2 aromatic rings. The quantitative estimate of drug-likeness (QED) is 0.489. The number of methoxy groups -OCH3 is 1. The van der Waals surface area contributed by atoms with Gasteiger partial charge in [0, 0.05) is 5.56 Å². The van der Waals surface area contributed by atoms with Crippen LogP contribution in [0.25, 0.3) is 0 Å². The monoisotopic (exact) mass is 398 g/mol. The number of ether oxygens (including phenoxy) is 1. The summed E-state index contributed by atoms with van der Waals surface area (Å²) >= 11 is 2.15. The zero-order valence-corrected chi connectivity index (χ0v) is 13.3. The third kappa shape index (κ3) is 4.25. The van der Waals surface area contributed by atoms with Gasteiger partial charge in [-0.1, -0.05) is 0 Å². The summed E-state index contributed by atoms with van der Waals surface area (Å²) in [6.07, 6.45) is 1.53. The van der Waals surface area contributed by atoms with Crippen LogP contribution in [0.15, 0.2) is 47.6 Å². The molecule has 0 heterocycles. The number of benzene rings is 2. The lowest BCUT2D eigenvalue weighted by Crippen LogP contribution is -2.17. The van der Waals surface area contributed by atoms with E-state index < -0.39 is 5.91 Å². The zero-order valence-electron chi connectivity index (χ0n) is 11.1. The van der Waals surface area contributed by atoms with Gasteiger partial charge in [0.15, 0.2) is 0 Å². The number of nitrogens with one attached hydrogen (secondary N) is 1. The molecule has 0 aromatic heterocycles. The van der Waals surface area contributed by atoms with E-state index in [0.29, 0.717) is 5.56 Å². The predicted molar refractivity (Wildman–Crippen MR) is 87.2 cm³/mol. The van der Waals surface area contributed by atoms with Gasteiger partial charge in [-0.25, -0.2) is 9.82 Å². The lowest BCUT2D eigenvalue weighted by atomic mass is 10.2. The van der Waals surface area contributed by atoms with Gasteiger partial charge in [-0.15, -0.1) is 0 Å². The molecule has 2 aromatic carbocycles. The lowest BCUT2D eigenvalue weighted by molar-refractivity contribution is 0.0955. The Hall–Kier alpha value is -1.96. The van der Waals surface area contributed by atoms with Gasteiger partial charge in [-0.3, -0.25) is 4.79 Å². The van der Waals surface area contributed by atoms with E-state index in [9.17, 15) is 9.18 Å². The first-order valence-corrected chi connectivity index (χ1v) is 7.10. The number of amides is 1. The lowest BCUT2D eigenvalue weighted by Gasteiger charge is -2.03. The first-order chi connectivity index (χ1) is 10.1. The van der Waals surface area contributed by atoms with Crippen molar-refractivity contribution in [3.63, 3.8) is 0 Å². The van der Waals surface area contributed by atoms with Gasteiger partial charge in [-0.2, -0.15) is 5.10 Å². The van der Waals surface area contributed by atoms with Crippen molar-refractivity contribution < 1.29 is 13.9 Å². The Bertz CT molecular complexity index is 672. The van der Waals surface area contributed by atoms with E-state index in [4.69, 9.17) is 4.74 Å². The summed E-state index contributed by atoms with van der Waals surface area (Å²) in [6.45, 7) is 0. The number of hydrogen-bond donors (Lipinski definition) is 1. The van der Waals surface area contributed by atoms with Crippen molar-refractivity contribution in [2.24, 2.45) is 5.10 Å². The van der Waals surface area contributed by atoms with Crippen LogP contribution in [0.3, 0.4) is 0 Å². The smallest absolute Gasteiger partial charge is 0.271 e. The van der Waals surface area contributed by atoms with Crippen molar-refractivity contribution in [1.29, 1.82) is 0 Å². The van der Waals surface area contributed by atoms with E-state index in [1.165, 1.54) is 30.5 Å². The minimum atomic E-state index is -0.394. The highest BCUT2D eigenvalue weighted by Crippen LogP contribution is 2.20. The SMILES string of the molecule is COc1ccc(/C=N/NC(=O)c2ccc(F)cc2)cc1I. The molecule has 108 valence electrons. The topological polar surface area (TPSA) is 50.7 Å². The summed E-state index contributed by atoms with van der Waals surface area (Å²) in [5.41, 5.74) is 3.57. The van der Waals surface area contributed by atoms with Crippen LogP contribution >= 0.6 is 22.6 Å². The molecule has 0 atom stereocenters. The molecule has 1 amide bonds. The van der Waals surface area contributed by atoms with Crippen LogP contribution in [0.4, 0.5) is 4.39 Å². The van der Waals surface area contributed by atoms with Gasteiger partial charge in [0.2, 0.25) is 0 Å². The number of rotatable bonds is 4. The maximum absolute atomic E-state index is 12.8. The molecular formula is C15H12FIN2O2. The van der Waals surface area contributed by atoms with Crippen molar-refractivity contribution in [1.82, 2.24) is 5.43 Å². The molecule has 1 N–H and O–H groups in total. The van der Waals surface area contributed by atoms with Crippen molar-refractivity contribution in [3.05, 3.63) is 63.0 Å². The van der Waals surface area contributed by atoms with Gasteiger partial charge in [0.25, 0.3) is 5.91 Å². The van der Waals surface area contributed by atoms with Crippen LogP contribution in [0.1, 0.15) is 15.9 Å². The van der Waals surface area contributed by atoms with E-state index in [0.717, 1.165) is 14.9 Å². The molecule has 4 nitrogen and oxygen atoms in total. The highest BCUT2D eigenvalue weighted by atomic mass is 127. The van der Waals surface area contributed by atoms with E-state index in [2.05, 4.69) is 33.1 Å². The van der Waals surface area contributed by atoms with Crippen molar-refractivity contribution in [2.75, 3.05) is 7.11 Å². The Kier molecular flexibility index (Phi) is 5.26.